The van der Waals surface area contributed by atoms with Crippen molar-refractivity contribution in [3.63, 3.8) is 0 Å². The lowest BCUT2D eigenvalue weighted by atomic mass is 10.2. The van der Waals surface area contributed by atoms with Crippen LogP contribution in [0.2, 0.25) is 0 Å². The topological polar surface area (TPSA) is 310 Å². The molecule has 0 saturated heterocycles. The second-order valence-electron chi connectivity index (χ2n) is 6.51. The molecule has 0 amide bonds. The molecule has 0 fully saturated rings. The Balaban J connectivity index is 6.04. The number of nitrogens with one attached hydrogen (secondary N) is 1. The van der Waals surface area contributed by atoms with Gasteiger partial charge in [0, 0.05) is 0 Å². The SMILES string of the molecule is CC(COP(=N)(OCC(C)([N+](=O)[O-])[N+](=O)[O-])OCC(C)([N+](=O)[O-])[N+](=O)[O-])([N+](=O)[O-])[N+](=O)[O-]. The molecule has 0 aliphatic rings. The average Bonchev–Trinajstić information content (AvgIpc) is 2.67. The molecule has 0 unspecified atom stereocenters. The van der Waals surface area contributed by atoms with E-state index >= 15 is 0 Å². The summed E-state index contributed by atoms with van der Waals surface area (Å²) < 4.78 is 13.8. The molecule has 182 valence electrons. The van der Waals surface area contributed by atoms with Crippen molar-refractivity contribution >= 4 is 7.74 Å². The highest BCUT2D eigenvalue weighted by molar-refractivity contribution is 7.49. The van der Waals surface area contributed by atoms with Gasteiger partial charge in [-0.05, 0) is 0 Å². The van der Waals surface area contributed by atoms with Crippen molar-refractivity contribution in [2.75, 3.05) is 19.8 Å². The Morgan fingerprint density at radius 3 is 0.844 bits per heavy atom. The lowest BCUT2D eigenvalue weighted by molar-refractivity contribution is -0.794. The van der Waals surface area contributed by atoms with Crippen molar-refractivity contribution in [3.8, 4) is 0 Å². The molecule has 0 heterocycles. The molecule has 32 heavy (non-hydrogen) atoms. The zero-order valence-electron chi connectivity index (χ0n) is 16.4. The van der Waals surface area contributed by atoms with Gasteiger partial charge in [0.05, 0.1) is 20.8 Å². The van der Waals surface area contributed by atoms with Gasteiger partial charge in [0.2, 0.25) is 0 Å². The number of hydrogen-bond donors (Lipinski definition) is 1. The molecular weight excluding hydrogens is 477 g/mol. The first-order valence-electron chi connectivity index (χ1n) is 7.73. The van der Waals surface area contributed by atoms with Crippen LogP contribution in [0, 0.1) is 65.8 Å². The fourth-order valence-corrected chi connectivity index (χ4v) is 2.72. The van der Waals surface area contributed by atoms with Gasteiger partial charge < -0.3 is 0 Å². The van der Waals surface area contributed by atoms with Crippen molar-refractivity contribution in [2.45, 2.75) is 37.8 Å². The Morgan fingerprint density at radius 1 is 0.562 bits per heavy atom. The third-order valence-electron chi connectivity index (χ3n) is 3.88. The van der Waals surface area contributed by atoms with Crippen LogP contribution in [0.3, 0.4) is 0 Å². The summed E-state index contributed by atoms with van der Waals surface area (Å²) in [4.78, 5) is 57.1. The predicted octanol–water partition coefficient (Wildman–Crippen LogP) is 0.370. The van der Waals surface area contributed by atoms with Gasteiger partial charge in [0.1, 0.15) is 29.5 Å². The van der Waals surface area contributed by atoms with E-state index in [-0.39, 0.29) is 0 Å². The van der Waals surface area contributed by atoms with Gasteiger partial charge >= 0.3 is 24.7 Å². The van der Waals surface area contributed by atoms with E-state index in [0.29, 0.717) is 20.8 Å². The average molecular weight is 493 g/mol. The molecule has 23 heteroatoms. The highest BCUT2D eigenvalue weighted by Crippen LogP contribution is 2.52. The van der Waals surface area contributed by atoms with Crippen LogP contribution >= 0.6 is 7.74 Å². The van der Waals surface area contributed by atoms with Gasteiger partial charge in [0.25, 0.3) is 0 Å². The summed E-state index contributed by atoms with van der Waals surface area (Å²) in [5.74, 6) is 0. The highest BCUT2D eigenvalue weighted by atomic mass is 31.2. The van der Waals surface area contributed by atoms with Crippen molar-refractivity contribution in [1.29, 1.82) is 5.16 Å². The normalized spacial score (nSPS) is 12.7. The maximum absolute atomic E-state index is 11.0. The minimum Gasteiger partial charge on any atom is -0.287 e. The van der Waals surface area contributed by atoms with Crippen molar-refractivity contribution in [1.82, 2.24) is 0 Å². The number of hydrogen-bond acceptors (Lipinski definition) is 16. The molecule has 0 aliphatic carbocycles. The molecule has 0 aromatic carbocycles. The lowest BCUT2D eigenvalue weighted by Crippen LogP contribution is -2.49. The Bertz CT molecular complexity index is 724. The lowest BCUT2D eigenvalue weighted by Gasteiger charge is -2.24. The molecule has 0 bridgehead atoms. The molecule has 0 saturated carbocycles. The third-order valence-corrected chi connectivity index (χ3v) is 5.29. The molecule has 0 spiro atoms. The van der Waals surface area contributed by atoms with Gasteiger partial charge in [-0.15, -0.1) is 0 Å². The summed E-state index contributed by atoms with van der Waals surface area (Å²) in [5, 5.41) is 73.7. The van der Waals surface area contributed by atoms with Crippen molar-refractivity contribution in [3.05, 3.63) is 60.7 Å². The fourth-order valence-electron chi connectivity index (χ4n) is 1.25. The van der Waals surface area contributed by atoms with Crippen LogP contribution in [0.5, 0.6) is 0 Å². The maximum atomic E-state index is 11.0. The first kappa shape index (κ1) is 28.5. The summed E-state index contributed by atoms with van der Waals surface area (Å²) >= 11 is 0. The molecule has 0 aliphatic heterocycles. The second kappa shape index (κ2) is 9.76. The zero-order chi connectivity index (χ0) is 25.7. The monoisotopic (exact) mass is 493 g/mol. The van der Waals surface area contributed by atoms with Gasteiger partial charge in [0.15, 0.2) is 19.8 Å². The predicted molar refractivity (Wildman–Crippen MR) is 94.7 cm³/mol. The first-order chi connectivity index (χ1) is 14.3. The van der Waals surface area contributed by atoms with Crippen LogP contribution in [0.15, 0.2) is 0 Å². The first-order valence-corrected chi connectivity index (χ1v) is 9.27. The quantitative estimate of drug-likeness (QED) is 0.139. The minimum atomic E-state index is -5.07. The summed E-state index contributed by atoms with van der Waals surface area (Å²) in [5.41, 5.74) is -9.40. The fraction of sp³-hybridized carbons (Fsp3) is 1.00. The molecule has 0 aromatic heterocycles. The summed E-state index contributed by atoms with van der Waals surface area (Å²) in [6, 6.07) is 0. The molecule has 1 N–H and O–H groups in total. The van der Waals surface area contributed by atoms with Crippen LogP contribution < -0.4 is 0 Å². The maximum Gasteiger partial charge on any atom is 0.478 e. The van der Waals surface area contributed by atoms with Crippen molar-refractivity contribution in [2.24, 2.45) is 0 Å². The standard InChI is InChI=1S/C9H16N7O15P/c1-7(11(17)18,12(19)20)4-29-32(10,30-5-8(2,13(21)22)14(23)24)31-6-9(3,15(25)26)16(27)28/h10H,4-6H2,1-3H3. The van der Waals surface area contributed by atoms with Gasteiger partial charge in [-0.2, -0.15) is 0 Å². The largest absolute Gasteiger partial charge is 0.478 e. The minimum absolute atomic E-state index is 0.424. The second-order valence-corrected chi connectivity index (χ2v) is 8.28. The van der Waals surface area contributed by atoms with Crippen molar-refractivity contribution < 1.29 is 43.1 Å². The zero-order valence-corrected chi connectivity index (χ0v) is 17.3. The van der Waals surface area contributed by atoms with E-state index in [0.717, 1.165) is 0 Å². The van der Waals surface area contributed by atoms with E-state index < -0.39 is 74.1 Å². The van der Waals surface area contributed by atoms with E-state index in [1.54, 1.807) is 0 Å². The Labute approximate surface area is 175 Å². The Morgan fingerprint density at radius 2 is 0.719 bits per heavy atom. The highest BCUT2D eigenvalue weighted by Gasteiger charge is 2.57. The summed E-state index contributed by atoms with van der Waals surface area (Å²) in [6.45, 7) is -3.54. The number of rotatable bonds is 15. The molecule has 22 nitrogen and oxygen atoms in total. The molecular formula is C9H16N7O15P. The smallest absolute Gasteiger partial charge is 0.287 e. The number of nitro groups is 6. The van der Waals surface area contributed by atoms with Crippen LogP contribution in [-0.2, 0) is 13.6 Å². The van der Waals surface area contributed by atoms with Crippen LogP contribution in [-0.4, -0.2) is 66.3 Å². The molecule has 0 atom stereocenters. The summed E-state index contributed by atoms with van der Waals surface area (Å²) in [7, 11) is -5.07. The third kappa shape index (κ3) is 6.03. The molecule has 0 rings (SSSR count). The van der Waals surface area contributed by atoms with E-state index in [1.165, 1.54) is 0 Å². The molecule has 0 radical (unpaired) electrons. The van der Waals surface area contributed by atoms with E-state index in [4.69, 9.17) is 5.16 Å². The number of nitrogens with zero attached hydrogens (tertiary/aromatic N) is 6. The van der Waals surface area contributed by atoms with E-state index in [1.807, 2.05) is 0 Å². The van der Waals surface area contributed by atoms with Crippen LogP contribution in [0.1, 0.15) is 20.8 Å². The van der Waals surface area contributed by atoms with Crippen LogP contribution in [0.4, 0.5) is 0 Å². The molecule has 0 aromatic rings. The Hall–Kier alpha value is -3.49. The van der Waals surface area contributed by atoms with E-state index in [9.17, 15) is 60.7 Å². The van der Waals surface area contributed by atoms with Gasteiger partial charge in [-0.3, -0.25) is 74.3 Å². The van der Waals surface area contributed by atoms with Crippen LogP contribution in [0.25, 0.3) is 0 Å². The van der Waals surface area contributed by atoms with Gasteiger partial charge in [-0.1, -0.05) is 0 Å². The van der Waals surface area contributed by atoms with Gasteiger partial charge in [-0.25, -0.2) is 5.16 Å². The summed E-state index contributed by atoms with van der Waals surface area (Å²) in [6.07, 6.45) is 0. The Kier molecular flexibility index (Phi) is 8.69. The van der Waals surface area contributed by atoms with E-state index in [2.05, 4.69) is 13.6 Å².